The summed E-state index contributed by atoms with van der Waals surface area (Å²) < 4.78 is 4.98. The van der Waals surface area contributed by atoms with E-state index in [1.807, 2.05) is 13.0 Å². The highest BCUT2D eigenvalue weighted by Gasteiger charge is 2.14. The zero-order chi connectivity index (χ0) is 15.7. The Kier molecular flexibility index (Phi) is 3.96. The van der Waals surface area contributed by atoms with Crippen molar-refractivity contribution in [1.82, 2.24) is 10.1 Å². The SMILES string of the molecule is Cc1nc(-c2cc(NC(=O)c3cccc(Cl)c3)c(C)s2)no1. The van der Waals surface area contributed by atoms with Crippen molar-refractivity contribution in [1.29, 1.82) is 0 Å². The fourth-order valence-electron chi connectivity index (χ4n) is 1.94. The third-order valence-corrected chi connectivity index (χ3v) is 4.28. The third kappa shape index (κ3) is 3.03. The minimum absolute atomic E-state index is 0.209. The standard InChI is InChI=1S/C15H12ClN3O2S/c1-8-12(7-13(22-8)14-17-9(2)21-19-14)18-15(20)10-4-3-5-11(16)6-10/h3-7H,1-2H3,(H,18,20). The molecule has 0 radical (unpaired) electrons. The second-order valence-electron chi connectivity index (χ2n) is 4.68. The number of rotatable bonds is 3. The summed E-state index contributed by atoms with van der Waals surface area (Å²) in [6, 6.07) is 8.65. The summed E-state index contributed by atoms with van der Waals surface area (Å²) in [5.41, 5.74) is 1.24. The van der Waals surface area contributed by atoms with Gasteiger partial charge in [-0.1, -0.05) is 22.8 Å². The highest BCUT2D eigenvalue weighted by molar-refractivity contribution is 7.16. The number of hydrogen-bond acceptors (Lipinski definition) is 5. The number of hydrogen-bond donors (Lipinski definition) is 1. The Morgan fingerprint density at radius 3 is 2.82 bits per heavy atom. The van der Waals surface area contributed by atoms with Gasteiger partial charge in [-0.15, -0.1) is 11.3 Å². The van der Waals surface area contributed by atoms with Crippen LogP contribution in [0.4, 0.5) is 5.69 Å². The van der Waals surface area contributed by atoms with Crippen LogP contribution in [0, 0.1) is 13.8 Å². The van der Waals surface area contributed by atoms with Gasteiger partial charge in [-0.3, -0.25) is 4.79 Å². The molecule has 2 heterocycles. The predicted molar refractivity (Wildman–Crippen MR) is 86.5 cm³/mol. The van der Waals surface area contributed by atoms with E-state index in [0.29, 0.717) is 22.3 Å². The first-order valence-corrected chi connectivity index (χ1v) is 7.70. The van der Waals surface area contributed by atoms with Crippen molar-refractivity contribution in [3.05, 3.63) is 51.7 Å². The molecule has 0 saturated carbocycles. The van der Waals surface area contributed by atoms with Crippen molar-refractivity contribution in [2.75, 3.05) is 5.32 Å². The van der Waals surface area contributed by atoms with Crippen molar-refractivity contribution in [3.63, 3.8) is 0 Å². The number of aromatic nitrogens is 2. The Balaban J connectivity index is 1.84. The lowest BCUT2D eigenvalue weighted by atomic mass is 10.2. The molecule has 0 bridgehead atoms. The van der Waals surface area contributed by atoms with E-state index in [1.165, 1.54) is 11.3 Å². The molecule has 1 amide bonds. The normalized spacial score (nSPS) is 10.7. The van der Waals surface area contributed by atoms with E-state index in [4.69, 9.17) is 16.1 Å². The Morgan fingerprint density at radius 1 is 1.32 bits per heavy atom. The first kappa shape index (κ1) is 14.7. The molecule has 7 heteroatoms. The van der Waals surface area contributed by atoms with Gasteiger partial charge in [0.2, 0.25) is 11.7 Å². The van der Waals surface area contributed by atoms with Crippen LogP contribution in [-0.2, 0) is 0 Å². The number of nitrogens with zero attached hydrogens (tertiary/aromatic N) is 2. The van der Waals surface area contributed by atoms with Crippen LogP contribution in [0.5, 0.6) is 0 Å². The summed E-state index contributed by atoms with van der Waals surface area (Å²) >= 11 is 7.40. The number of amides is 1. The van der Waals surface area contributed by atoms with Crippen LogP contribution < -0.4 is 5.32 Å². The largest absolute Gasteiger partial charge is 0.339 e. The molecular formula is C15H12ClN3O2S. The maximum absolute atomic E-state index is 12.3. The molecule has 2 aromatic heterocycles. The fourth-order valence-corrected chi connectivity index (χ4v) is 3.03. The van der Waals surface area contributed by atoms with Crippen LogP contribution in [0.3, 0.4) is 0 Å². The molecular weight excluding hydrogens is 322 g/mol. The van der Waals surface area contributed by atoms with Crippen LogP contribution in [0.1, 0.15) is 21.1 Å². The number of benzene rings is 1. The molecule has 0 atom stereocenters. The molecule has 0 aliphatic rings. The molecule has 0 aliphatic heterocycles. The molecule has 0 aliphatic carbocycles. The Labute approximate surface area is 135 Å². The zero-order valence-corrected chi connectivity index (χ0v) is 13.5. The summed E-state index contributed by atoms with van der Waals surface area (Å²) in [5.74, 6) is 0.818. The van der Waals surface area contributed by atoms with Gasteiger partial charge in [0.25, 0.3) is 5.91 Å². The van der Waals surface area contributed by atoms with Gasteiger partial charge in [-0.2, -0.15) is 4.98 Å². The zero-order valence-electron chi connectivity index (χ0n) is 11.9. The van der Waals surface area contributed by atoms with E-state index in [1.54, 1.807) is 31.2 Å². The lowest BCUT2D eigenvalue weighted by Gasteiger charge is -2.04. The van der Waals surface area contributed by atoms with Crippen molar-refractivity contribution in [2.45, 2.75) is 13.8 Å². The maximum atomic E-state index is 12.3. The van der Waals surface area contributed by atoms with E-state index >= 15 is 0 Å². The molecule has 0 spiro atoms. The first-order valence-electron chi connectivity index (χ1n) is 6.51. The molecule has 22 heavy (non-hydrogen) atoms. The smallest absolute Gasteiger partial charge is 0.255 e. The van der Waals surface area contributed by atoms with Crippen molar-refractivity contribution in [2.24, 2.45) is 0 Å². The number of carbonyl (C=O) groups excluding carboxylic acids is 1. The van der Waals surface area contributed by atoms with Gasteiger partial charge < -0.3 is 9.84 Å². The number of halogens is 1. The van der Waals surface area contributed by atoms with Crippen molar-refractivity contribution >= 4 is 34.5 Å². The molecule has 112 valence electrons. The molecule has 3 aromatic rings. The second kappa shape index (κ2) is 5.90. The minimum Gasteiger partial charge on any atom is -0.339 e. The van der Waals surface area contributed by atoms with Gasteiger partial charge in [0.05, 0.1) is 10.6 Å². The maximum Gasteiger partial charge on any atom is 0.255 e. The summed E-state index contributed by atoms with van der Waals surface area (Å²) in [6.45, 7) is 3.66. The number of aryl methyl sites for hydroxylation is 2. The Bertz CT molecular complexity index is 841. The summed E-state index contributed by atoms with van der Waals surface area (Å²) in [5, 5.41) is 7.29. The molecule has 0 fully saturated rings. The molecule has 1 N–H and O–H groups in total. The van der Waals surface area contributed by atoms with Gasteiger partial charge in [-0.05, 0) is 31.2 Å². The van der Waals surface area contributed by atoms with E-state index < -0.39 is 0 Å². The predicted octanol–water partition coefficient (Wildman–Crippen LogP) is 4.32. The summed E-state index contributed by atoms with van der Waals surface area (Å²) in [7, 11) is 0. The molecule has 3 rings (SSSR count). The van der Waals surface area contributed by atoms with Crippen molar-refractivity contribution < 1.29 is 9.32 Å². The van der Waals surface area contributed by atoms with Crippen LogP contribution in [0.15, 0.2) is 34.9 Å². The molecule has 1 aromatic carbocycles. The van der Waals surface area contributed by atoms with E-state index in [0.717, 1.165) is 15.4 Å². The summed E-state index contributed by atoms with van der Waals surface area (Å²) in [6.07, 6.45) is 0. The highest BCUT2D eigenvalue weighted by atomic mass is 35.5. The minimum atomic E-state index is -0.209. The van der Waals surface area contributed by atoms with E-state index in [9.17, 15) is 4.79 Å². The quantitative estimate of drug-likeness (QED) is 0.775. The highest BCUT2D eigenvalue weighted by Crippen LogP contribution is 2.33. The Hall–Kier alpha value is -2.18. The number of thiophene rings is 1. The first-order chi connectivity index (χ1) is 10.5. The topological polar surface area (TPSA) is 68.0 Å². The number of carbonyl (C=O) groups is 1. The van der Waals surface area contributed by atoms with Crippen LogP contribution in [0.2, 0.25) is 5.02 Å². The monoisotopic (exact) mass is 333 g/mol. The number of anilines is 1. The second-order valence-corrected chi connectivity index (χ2v) is 6.37. The van der Waals surface area contributed by atoms with Crippen LogP contribution in [0.25, 0.3) is 10.7 Å². The van der Waals surface area contributed by atoms with Gasteiger partial charge in [-0.25, -0.2) is 0 Å². The molecule has 0 saturated heterocycles. The van der Waals surface area contributed by atoms with Crippen molar-refractivity contribution in [3.8, 4) is 10.7 Å². The average Bonchev–Trinajstić information content (AvgIpc) is 3.06. The summed E-state index contributed by atoms with van der Waals surface area (Å²) in [4.78, 5) is 18.2. The van der Waals surface area contributed by atoms with Crippen LogP contribution in [-0.4, -0.2) is 16.0 Å². The number of nitrogens with one attached hydrogen (secondary N) is 1. The third-order valence-electron chi connectivity index (χ3n) is 3.00. The van der Waals surface area contributed by atoms with Gasteiger partial charge in [0.15, 0.2) is 0 Å². The average molecular weight is 334 g/mol. The van der Waals surface area contributed by atoms with Gasteiger partial charge in [0, 0.05) is 22.4 Å². The molecule has 5 nitrogen and oxygen atoms in total. The lowest BCUT2D eigenvalue weighted by molar-refractivity contribution is 0.102. The van der Waals surface area contributed by atoms with Crippen LogP contribution >= 0.6 is 22.9 Å². The van der Waals surface area contributed by atoms with E-state index in [2.05, 4.69) is 15.5 Å². The van der Waals surface area contributed by atoms with E-state index in [-0.39, 0.29) is 5.91 Å². The Morgan fingerprint density at radius 2 is 2.14 bits per heavy atom. The fraction of sp³-hybridized carbons (Fsp3) is 0.133. The van der Waals surface area contributed by atoms with Gasteiger partial charge >= 0.3 is 0 Å². The van der Waals surface area contributed by atoms with Gasteiger partial charge in [0.1, 0.15) is 0 Å². The molecule has 0 unspecified atom stereocenters. The lowest BCUT2D eigenvalue weighted by Crippen LogP contribution is -2.11.